The van der Waals surface area contributed by atoms with E-state index in [1.54, 1.807) is 24.4 Å². The number of aromatic amines is 1. The molecule has 5 rings (SSSR count). The van der Waals surface area contributed by atoms with Crippen molar-refractivity contribution in [1.82, 2.24) is 10.2 Å². The van der Waals surface area contributed by atoms with Gasteiger partial charge >= 0.3 is 0 Å². The number of fused-ring (bicyclic) bond motifs is 3. The third-order valence-electron chi connectivity index (χ3n) is 5.57. The molecule has 1 atom stereocenters. The number of hydrogen-bond acceptors (Lipinski definition) is 4. The van der Waals surface area contributed by atoms with Crippen LogP contribution < -0.4 is 9.04 Å². The fourth-order valence-electron chi connectivity index (χ4n) is 3.96. The summed E-state index contributed by atoms with van der Waals surface area (Å²) < 4.78 is 34.8. The van der Waals surface area contributed by atoms with Crippen LogP contribution in [0, 0.1) is 0 Å². The third kappa shape index (κ3) is 3.53. The minimum absolute atomic E-state index is 0.169. The molecule has 1 aliphatic heterocycles. The van der Waals surface area contributed by atoms with E-state index in [1.807, 2.05) is 49.4 Å². The molecule has 0 fully saturated rings. The smallest absolute Gasteiger partial charge is 0.264 e. The molecule has 6 nitrogen and oxygen atoms in total. The molecule has 8 heteroatoms. The second kappa shape index (κ2) is 8.00. The number of aromatic nitrogens is 2. The van der Waals surface area contributed by atoms with Gasteiger partial charge in [0.25, 0.3) is 10.0 Å². The summed E-state index contributed by atoms with van der Waals surface area (Å²) >= 11 is 5.98. The first kappa shape index (κ1) is 20.6. The number of ether oxygens (including phenoxy) is 1. The van der Waals surface area contributed by atoms with Gasteiger partial charge in [0.05, 0.1) is 28.5 Å². The van der Waals surface area contributed by atoms with Gasteiger partial charge in [-0.3, -0.25) is 9.40 Å². The second-order valence-corrected chi connectivity index (χ2v) is 9.84. The summed E-state index contributed by atoms with van der Waals surface area (Å²) in [6, 6.07) is 21.0. The van der Waals surface area contributed by atoms with Gasteiger partial charge in [-0.05, 0) is 48.9 Å². The lowest BCUT2D eigenvalue weighted by molar-refractivity contribution is 0.306. The van der Waals surface area contributed by atoms with Crippen LogP contribution in [0.3, 0.4) is 0 Å². The van der Waals surface area contributed by atoms with E-state index >= 15 is 0 Å². The van der Waals surface area contributed by atoms with Crippen LogP contribution in [0.4, 0.5) is 5.69 Å². The molecule has 0 spiro atoms. The van der Waals surface area contributed by atoms with Crippen LogP contribution >= 0.6 is 11.6 Å². The lowest BCUT2D eigenvalue weighted by Gasteiger charge is -2.35. The maximum absolute atomic E-state index is 13.7. The van der Waals surface area contributed by atoms with Crippen molar-refractivity contribution in [2.75, 3.05) is 4.31 Å². The Bertz CT molecular complexity index is 1370. The minimum Gasteiger partial charge on any atom is -0.489 e. The lowest BCUT2D eigenvalue weighted by Crippen LogP contribution is -2.36. The normalized spacial score (nSPS) is 15.2. The number of anilines is 1. The molecule has 1 aliphatic rings. The molecule has 0 aliphatic carbocycles. The van der Waals surface area contributed by atoms with E-state index < -0.39 is 16.1 Å². The topological polar surface area (TPSA) is 75.3 Å². The minimum atomic E-state index is -3.87. The van der Waals surface area contributed by atoms with Crippen LogP contribution in [-0.2, 0) is 16.6 Å². The molecule has 0 saturated heterocycles. The maximum atomic E-state index is 13.7. The number of nitrogens with zero attached hydrogens (tertiary/aromatic N) is 2. The molecule has 1 N–H and O–H groups in total. The van der Waals surface area contributed by atoms with Gasteiger partial charge in [-0.1, -0.05) is 41.9 Å². The molecule has 32 heavy (non-hydrogen) atoms. The number of hydrogen-bond donors (Lipinski definition) is 1. The molecule has 0 amide bonds. The molecule has 0 bridgehead atoms. The highest BCUT2D eigenvalue weighted by atomic mass is 35.5. The van der Waals surface area contributed by atoms with Crippen LogP contribution in [0.2, 0.25) is 5.02 Å². The largest absolute Gasteiger partial charge is 0.489 e. The summed E-state index contributed by atoms with van der Waals surface area (Å²) in [5.41, 5.74) is 3.94. The average molecular weight is 466 g/mol. The van der Waals surface area contributed by atoms with Crippen molar-refractivity contribution in [2.45, 2.75) is 24.5 Å². The molecular weight excluding hydrogens is 446 g/mol. The predicted octanol–water partition coefficient (Wildman–Crippen LogP) is 5.58. The summed E-state index contributed by atoms with van der Waals surface area (Å²) in [4.78, 5) is 0.169. The first-order valence-electron chi connectivity index (χ1n) is 10.1. The summed E-state index contributed by atoms with van der Waals surface area (Å²) in [5.74, 6) is 0.582. The van der Waals surface area contributed by atoms with Crippen LogP contribution in [0.25, 0.3) is 11.3 Å². The van der Waals surface area contributed by atoms with Gasteiger partial charge in [0.1, 0.15) is 12.4 Å². The molecule has 0 radical (unpaired) electrons. The lowest BCUT2D eigenvalue weighted by atomic mass is 9.97. The van der Waals surface area contributed by atoms with Crippen molar-refractivity contribution in [2.24, 2.45) is 0 Å². The average Bonchev–Trinajstić information content (AvgIpc) is 3.29. The first-order valence-corrected chi connectivity index (χ1v) is 11.9. The van der Waals surface area contributed by atoms with E-state index in [9.17, 15) is 8.42 Å². The predicted molar refractivity (Wildman–Crippen MR) is 124 cm³/mol. The molecular formula is C24H20ClN3O3S. The van der Waals surface area contributed by atoms with Gasteiger partial charge in [-0.15, -0.1) is 0 Å². The van der Waals surface area contributed by atoms with Gasteiger partial charge in [0.15, 0.2) is 0 Å². The maximum Gasteiger partial charge on any atom is 0.264 e. The number of nitrogens with one attached hydrogen (secondary N) is 1. The van der Waals surface area contributed by atoms with E-state index in [2.05, 4.69) is 10.2 Å². The Labute approximate surface area is 191 Å². The van der Waals surface area contributed by atoms with Crippen LogP contribution in [-0.4, -0.2) is 18.6 Å². The van der Waals surface area contributed by atoms with Crippen LogP contribution in [0.1, 0.15) is 24.1 Å². The van der Waals surface area contributed by atoms with E-state index in [-0.39, 0.29) is 4.90 Å². The van der Waals surface area contributed by atoms with Crippen molar-refractivity contribution in [3.63, 3.8) is 0 Å². The van der Waals surface area contributed by atoms with Crippen LogP contribution in [0.15, 0.2) is 83.9 Å². The molecule has 162 valence electrons. The second-order valence-electron chi connectivity index (χ2n) is 7.58. The SMILES string of the molecule is CC1c2cn[nH]c2-c2ccc(OCc3ccccc3)cc2N1S(=O)(=O)c1ccc(Cl)cc1. The summed E-state index contributed by atoms with van der Waals surface area (Å²) in [7, 11) is -3.87. The molecule has 4 aromatic rings. The van der Waals surface area contributed by atoms with Crippen molar-refractivity contribution < 1.29 is 13.2 Å². The van der Waals surface area contributed by atoms with Crippen molar-refractivity contribution in [3.8, 4) is 17.0 Å². The Balaban J connectivity index is 1.59. The summed E-state index contributed by atoms with van der Waals surface area (Å²) in [5, 5.41) is 7.64. The van der Waals surface area contributed by atoms with E-state index in [4.69, 9.17) is 16.3 Å². The van der Waals surface area contributed by atoms with Crippen molar-refractivity contribution in [1.29, 1.82) is 0 Å². The number of benzene rings is 3. The highest BCUT2D eigenvalue weighted by Gasteiger charge is 2.38. The Hall–Kier alpha value is -3.29. The fourth-order valence-corrected chi connectivity index (χ4v) is 5.73. The van der Waals surface area contributed by atoms with E-state index in [1.165, 1.54) is 16.4 Å². The molecule has 3 aromatic carbocycles. The summed E-state index contributed by atoms with van der Waals surface area (Å²) in [6.45, 7) is 2.23. The standard InChI is InChI=1S/C24H20ClN3O3S/c1-16-22-14-26-27-24(22)21-12-9-19(31-15-17-5-3-2-4-6-17)13-23(21)28(16)32(29,30)20-10-7-18(25)8-11-20/h2-14,16H,15H2,1H3,(H,26,27). The zero-order chi connectivity index (χ0) is 22.3. The quantitative estimate of drug-likeness (QED) is 0.417. The first-order chi connectivity index (χ1) is 15.4. The van der Waals surface area contributed by atoms with E-state index in [0.29, 0.717) is 23.1 Å². The Morgan fingerprint density at radius 2 is 1.81 bits per heavy atom. The Morgan fingerprint density at radius 1 is 1.06 bits per heavy atom. The zero-order valence-corrected chi connectivity index (χ0v) is 18.8. The number of sulfonamides is 1. The van der Waals surface area contributed by atoms with Crippen molar-refractivity contribution >= 4 is 27.3 Å². The Morgan fingerprint density at radius 3 is 2.56 bits per heavy atom. The molecule has 1 unspecified atom stereocenters. The Kier molecular flexibility index (Phi) is 5.15. The number of rotatable bonds is 5. The highest BCUT2D eigenvalue weighted by Crippen LogP contribution is 2.47. The molecule has 1 aromatic heterocycles. The highest BCUT2D eigenvalue weighted by molar-refractivity contribution is 7.92. The van der Waals surface area contributed by atoms with Crippen molar-refractivity contribution in [3.05, 3.63) is 95.1 Å². The van der Waals surface area contributed by atoms with Gasteiger partial charge < -0.3 is 4.74 Å². The summed E-state index contributed by atoms with van der Waals surface area (Å²) in [6.07, 6.45) is 1.67. The van der Waals surface area contributed by atoms with Crippen LogP contribution in [0.5, 0.6) is 5.75 Å². The number of H-pyrrole nitrogens is 1. The third-order valence-corrected chi connectivity index (χ3v) is 7.72. The van der Waals surface area contributed by atoms with Gasteiger partial charge in [-0.2, -0.15) is 5.10 Å². The van der Waals surface area contributed by atoms with Gasteiger partial charge in [-0.25, -0.2) is 8.42 Å². The van der Waals surface area contributed by atoms with Gasteiger partial charge in [0, 0.05) is 22.2 Å². The fraction of sp³-hybridized carbons (Fsp3) is 0.125. The van der Waals surface area contributed by atoms with E-state index in [0.717, 1.165) is 22.4 Å². The van der Waals surface area contributed by atoms with Gasteiger partial charge in [0.2, 0.25) is 0 Å². The monoisotopic (exact) mass is 465 g/mol. The zero-order valence-electron chi connectivity index (χ0n) is 17.2. The number of halogens is 1. The molecule has 2 heterocycles. The molecule has 0 saturated carbocycles.